The van der Waals surface area contributed by atoms with E-state index in [1.807, 2.05) is 6.92 Å². The van der Waals surface area contributed by atoms with Crippen LogP contribution in [0.25, 0.3) is 0 Å². The Morgan fingerprint density at radius 3 is 2.34 bits per heavy atom. The summed E-state index contributed by atoms with van der Waals surface area (Å²) in [7, 11) is -3.62. The van der Waals surface area contributed by atoms with E-state index in [0.717, 1.165) is 11.8 Å². The van der Waals surface area contributed by atoms with Crippen LogP contribution in [0.1, 0.15) is 44.2 Å². The number of amides is 2. The van der Waals surface area contributed by atoms with E-state index in [4.69, 9.17) is 11.6 Å². The van der Waals surface area contributed by atoms with E-state index in [1.54, 1.807) is 44.2 Å². The lowest BCUT2D eigenvalue weighted by Gasteiger charge is -2.31. The number of likely N-dealkylation sites (N-methyl/N-ethyl adjacent to an activating group) is 1. The molecule has 1 atom stereocenters. The van der Waals surface area contributed by atoms with Crippen molar-refractivity contribution in [3.05, 3.63) is 64.4 Å². The van der Waals surface area contributed by atoms with Gasteiger partial charge in [0, 0.05) is 31.1 Å². The molecule has 35 heavy (non-hydrogen) atoms. The number of nitrogens with one attached hydrogen (secondary N) is 1. The number of halogens is 2. The number of benzene rings is 2. The number of nitrogens with zero attached hydrogens (tertiary/aromatic N) is 2. The first-order chi connectivity index (χ1) is 16.5. The van der Waals surface area contributed by atoms with Crippen LogP contribution in [0.3, 0.4) is 0 Å². The van der Waals surface area contributed by atoms with Crippen LogP contribution in [0.15, 0.2) is 42.5 Å². The number of hydrogen-bond donors (Lipinski definition) is 1. The van der Waals surface area contributed by atoms with Crippen LogP contribution in [-0.2, 0) is 26.2 Å². The maximum atomic E-state index is 13.4. The molecule has 0 saturated carbocycles. The van der Waals surface area contributed by atoms with E-state index in [1.165, 1.54) is 21.3 Å². The van der Waals surface area contributed by atoms with Crippen molar-refractivity contribution in [1.29, 1.82) is 0 Å². The van der Waals surface area contributed by atoms with Gasteiger partial charge in [-0.1, -0.05) is 36.7 Å². The molecule has 192 valence electrons. The van der Waals surface area contributed by atoms with Gasteiger partial charge in [0.25, 0.3) is 0 Å². The molecular formula is C25H33ClFN3O4S. The van der Waals surface area contributed by atoms with Crippen molar-refractivity contribution in [1.82, 2.24) is 10.2 Å². The predicted molar refractivity (Wildman–Crippen MR) is 137 cm³/mol. The highest BCUT2D eigenvalue weighted by Crippen LogP contribution is 2.27. The lowest BCUT2D eigenvalue weighted by atomic mass is 10.1. The normalized spacial score (nSPS) is 12.2. The van der Waals surface area contributed by atoms with Gasteiger partial charge >= 0.3 is 0 Å². The van der Waals surface area contributed by atoms with E-state index in [-0.39, 0.29) is 43.6 Å². The van der Waals surface area contributed by atoms with Crippen molar-refractivity contribution in [3.8, 4) is 0 Å². The molecule has 2 amide bonds. The third-order valence-corrected chi connectivity index (χ3v) is 7.01. The average Bonchev–Trinajstić information content (AvgIpc) is 2.79. The van der Waals surface area contributed by atoms with Crippen molar-refractivity contribution in [2.45, 2.75) is 52.6 Å². The maximum Gasteiger partial charge on any atom is 0.242 e. The van der Waals surface area contributed by atoms with Gasteiger partial charge in [-0.3, -0.25) is 13.9 Å². The van der Waals surface area contributed by atoms with Crippen LogP contribution in [0.2, 0.25) is 5.02 Å². The van der Waals surface area contributed by atoms with Crippen LogP contribution in [0.5, 0.6) is 0 Å². The molecule has 0 radical (unpaired) electrons. The number of anilines is 1. The van der Waals surface area contributed by atoms with Gasteiger partial charge in [-0.15, -0.1) is 0 Å². The number of carbonyl (C=O) groups excluding carboxylic acids is 2. The summed E-state index contributed by atoms with van der Waals surface area (Å²) >= 11 is 6.09. The van der Waals surface area contributed by atoms with Gasteiger partial charge < -0.3 is 10.2 Å². The summed E-state index contributed by atoms with van der Waals surface area (Å²) < 4.78 is 39.6. The van der Waals surface area contributed by atoms with Crippen LogP contribution in [0.4, 0.5) is 10.1 Å². The Balaban J connectivity index is 2.23. The molecule has 1 N–H and O–H groups in total. The molecule has 0 heterocycles. The Morgan fingerprint density at radius 1 is 1.11 bits per heavy atom. The fourth-order valence-electron chi connectivity index (χ4n) is 3.83. The van der Waals surface area contributed by atoms with Gasteiger partial charge in [0.1, 0.15) is 11.9 Å². The average molecular weight is 526 g/mol. The predicted octanol–water partition coefficient (Wildman–Crippen LogP) is 4.28. The fourth-order valence-corrected chi connectivity index (χ4v) is 5.01. The van der Waals surface area contributed by atoms with Gasteiger partial charge in [-0.05, 0) is 62.1 Å². The zero-order chi connectivity index (χ0) is 26.2. The topological polar surface area (TPSA) is 86.8 Å². The van der Waals surface area contributed by atoms with Crippen LogP contribution in [-0.4, -0.2) is 50.5 Å². The number of sulfonamides is 1. The molecule has 0 bridgehead atoms. The highest BCUT2D eigenvalue weighted by atomic mass is 35.5. The number of aryl methyl sites for hydroxylation is 1. The molecule has 0 aliphatic carbocycles. The summed E-state index contributed by atoms with van der Waals surface area (Å²) in [5.74, 6) is -0.943. The lowest BCUT2D eigenvalue weighted by Crippen LogP contribution is -2.49. The van der Waals surface area contributed by atoms with E-state index >= 15 is 0 Å². The summed E-state index contributed by atoms with van der Waals surface area (Å²) in [6, 6.07) is 10.1. The highest BCUT2D eigenvalue weighted by Gasteiger charge is 2.28. The highest BCUT2D eigenvalue weighted by molar-refractivity contribution is 7.92. The van der Waals surface area contributed by atoms with Crippen molar-refractivity contribution < 1.29 is 22.4 Å². The van der Waals surface area contributed by atoms with Gasteiger partial charge in [-0.2, -0.15) is 0 Å². The first-order valence-corrected chi connectivity index (χ1v) is 13.8. The van der Waals surface area contributed by atoms with Crippen molar-refractivity contribution in [2.24, 2.45) is 0 Å². The molecule has 0 fully saturated rings. The minimum Gasteiger partial charge on any atom is -0.355 e. The molecule has 10 heteroatoms. The molecule has 7 nitrogen and oxygen atoms in total. The summed E-state index contributed by atoms with van der Waals surface area (Å²) in [6.07, 6.45) is 1.78. The maximum absolute atomic E-state index is 13.4. The van der Waals surface area contributed by atoms with E-state index < -0.39 is 16.1 Å². The SMILES string of the molecule is CCNC(=O)C(CC)N(Cc1ccc(F)cc1)C(=O)CCCN(c1cc(Cl)ccc1C)S(C)(=O)=O. The minimum absolute atomic E-state index is 0.0305. The summed E-state index contributed by atoms with van der Waals surface area (Å²) in [6.45, 7) is 6.05. The molecule has 1 unspecified atom stereocenters. The molecule has 0 aliphatic rings. The molecule has 2 aromatic carbocycles. The summed E-state index contributed by atoms with van der Waals surface area (Å²) in [5, 5.41) is 3.17. The van der Waals surface area contributed by atoms with Gasteiger partial charge in [0.05, 0.1) is 11.9 Å². The third kappa shape index (κ3) is 8.21. The first kappa shape index (κ1) is 28.6. The van der Waals surface area contributed by atoms with E-state index in [9.17, 15) is 22.4 Å². The van der Waals surface area contributed by atoms with Gasteiger partial charge in [0.15, 0.2) is 0 Å². The second-order valence-electron chi connectivity index (χ2n) is 8.34. The lowest BCUT2D eigenvalue weighted by molar-refractivity contribution is -0.141. The Hall–Kier alpha value is -2.65. The molecule has 0 spiro atoms. The second kappa shape index (κ2) is 12.9. The van der Waals surface area contributed by atoms with Crippen molar-refractivity contribution >= 4 is 39.1 Å². The largest absolute Gasteiger partial charge is 0.355 e. The molecule has 2 rings (SSSR count). The number of hydrogen-bond acceptors (Lipinski definition) is 4. The van der Waals surface area contributed by atoms with Crippen molar-refractivity contribution in [2.75, 3.05) is 23.7 Å². The fraction of sp³-hybridized carbons (Fsp3) is 0.440. The number of carbonyl (C=O) groups is 2. The third-order valence-electron chi connectivity index (χ3n) is 5.60. The van der Waals surface area contributed by atoms with Gasteiger partial charge in [-0.25, -0.2) is 12.8 Å². The molecule has 2 aromatic rings. The first-order valence-electron chi connectivity index (χ1n) is 11.5. The van der Waals surface area contributed by atoms with Crippen LogP contribution in [0, 0.1) is 12.7 Å². The Kier molecular flexibility index (Phi) is 10.5. The summed E-state index contributed by atoms with van der Waals surface area (Å²) in [4.78, 5) is 27.4. The van der Waals surface area contributed by atoms with Crippen LogP contribution < -0.4 is 9.62 Å². The smallest absolute Gasteiger partial charge is 0.242 e. The summed E-state index contributed by atoms with van der Waals surface area (Å²) in [5.41, 5.74) is 1.89. The Labute approximate surface area is 212 Å². The molecule has 0 aliphatic heterocycles. The Bertz CT molecular complexity index is 1130. The van der Waals surface area contributed by atoms with Gasteiger partial charge in [0.2, 0.25) is 21.8 Å². The standard InChI is InChI=1S/C25H33ClFN3O4S/c1-5-22(25(32)28-6-2)29(17-19-10-13-21(27)14-11-19)24(31)8-7-15-30(35(4,33)34)23-16-20(26)12-9-18(23)3/h9-14,16,22H,5-8,15,17H2,1-4H3,(H,28,32). The zero-order valence-electron chi connectivity index (χ0n) is 20.6. The molecular weight excluding hydrogens is 493 g/mol. The van der Waals surface area contributed by atoms with Crippen LogP contribution >= 0.6 is 11.6 Å². The quantitative estimate of drug-likeness (QED) is 0.448. The zero-order valence-corrected chi connectivity index (χ0v) is 22.1. The van der Waals surface area contributed by atoms with E-state index in [0.29, 0.717) is 29.2 Å². The van der Waals surface area contributed by atoms with Crippen molar-refractivity contribution in [3.63, 3.8) is 0 Å². The molecule has 0 saturated heterocycles. The van der Waals surface area contributed by atoms with E-state index in [2.05, 4.69) is 5.32 Å². The molecule has 0 aromatic heterocycles. The number of rotatable bonds is 12. The minimum atomic E-state index is -3.62. The second-order valence-corrected chi connectivity index (χ2v) is 10.7. The Morgan fingerprint density at radius 2 is 1.77 bits per heavy atom. The monoisotopic (exact) mass is 525 g/mol.